The number of nitrogens with zero attached hydrogens (tertiary/aromatic N) is 1. The summed E-state index contributed by atoms with van der Waals surface area (Å²) in [6, 6.07) is 7.25. The van der Waals surface area contributed by atoms with E-state index in [-0.39, 0.29) is 17.9 Å². The SMILES string of the molecule is Cc1cc(NC(=O)c2ccc3c(c2)NC(=O)CCC3)c(OC2CC2)cn1. The number of benzene rings is 1. The van der Waals surface area contributed by atoms with Gasteiger partial charge in [0.25, 0.3) is 5.91 Å². The highest BCUT2D eigenvalue weighted by Gasteiger charge is 2.25. The molecule has 6 heteroatoms. The van der Waals surface area contributed by atoms with E-state index in [2.05, 4.69) is 15.6 Å². The molecular formula is C20H21N3O3. The topological polar surface area (TPSA) is 80.3 Å². The first-order chi connectivity index (χ1) is 12.6. The van der Waals surface area contributed by atoms with Gasteiger partial charge in [0, 0.05) is 23.4 Å². The van der Waals surface area contributed by atoms with Crippen LogP contribution in [0.4, 0.5) is 11.4 Å². The lowest BCUT2D eigenvalue weighted by Gasteiger charge is -2.13. The van der Waals surface area contributed by atoms with E-state index in [1.54, 1.807) is 24.4 Å². The fraction of sp³-hybridized carbons (Fsp3) is 0.350. The number of pyridine rings is 1. The van der Waals surface area contributed by atoms with Crippen LogP contribution in [0.1, 0.15) is 47.3 Å². The van der Waals surface area contributed by atoms with E-state index in [0.717, 1.165) is 42.6 Å². The van der Waals surface area contributed by atoms with Crippen molar-refractivity contribution in [3.05, 3.63) is 47.3 Å². The number of rotatable bonds is 4. The highest BCUT2D eigenvalue weighted by molar-refractivity contribution is 6.06. The molecule has 1 fully saturated rings. The van der Waals surface area contributed by atoms with E-state index in [1.807, 2.05) is 13.0 Å². The highest BCUT2D eigenvalue weighted by atomic mass is 16.5. The minimum Gasteiger partial charge on any atom is -0.487 e. The molecule has 1 saturated carbocycles. The first kappa shape index (κ1) is 16.6. The Morgan fingerprint density at radius 2 is 2.12 bits per heavy atom. The Kier molecular flexibility index (Phi) is 4.32. The van der Waals surface area contributed by atoms with Crippen molar-refractivity contribution in [1.29, 1.82) is 0 Å². The van der Waals surface area contributed by atoms with Crippen molar-refractivity contribution >= 4 is 23.2 Å². The lowest BCUT2D eigenvalue weighted by Crippen LogP contribution is -2.15. The van der Waals surface area contributed by atoms with Crippen LogP contribution >= 0.6 is 0 Å². The first-order valence-electron chi connectivity index (χ1n) is 8.96. The molecule has 2 aromatic rings. The van der Waals surface area contributed by atoms with Crippen molar-refractivity contribution < 1.29 is 14.3 Å². The molecule has 1 aliphatic heterocycles. The highest BCUT2D eigenvalue weighted by Crippen LogP contribution is 2.32. The average molecular weight is 351 g/mol. The monoisotopic (exact) mass is 351 g/mol. The van der Waals surface area contributed by atoms with Gasteiger partial charge >= 0.3 is 0 Å². The van der Waals surface area contributed by atoms with Crippen molar-refractivity contribution in [1.82, 2.24) is 4.98 Å². The van der Waals surface area contributed by atoms with Gasteiger partial charge in [-0.05, 0) is 56.4 Å². The third-order valence-corrected chi connectivity index (χ3v) is 4.57. The van der Waals surface area contributed by atoms with Crippen LogP contribution in [0, 0.1) is 6.92 Å². The van der Waals surface area contributed by atoms with Gasteiger partial charge in [0.1, 0.15) is 0 Å². The van der Waals surface area contributed by atoms with Crippen molar-refractivity contribution in [2.24, 2.45) is 0 Å². The number of aromatic nitrogens is 1. The molecule has 26 heavy (non-hydrogen) atoms. The maximum absolute atomic E-state index is 12.7. The normalized spacial score (nSPS) is 16.3. The number of hydrogen-bond acceptors (Lipinski definition) is 4. The quantitative estimate of drug-likeness (QED) is 0.884. The molecule has 1 aliphatic carbocycles. The predicted octanol–water partition coefficient (Wildman–Crippen LogP) is 3.46. The minimum atomic E-state index is -0.238. The summed E-state index contributed by atoms with van der Waals surface area (Å²) < 4.78 is 5.84. The summed E-state index contributed by atoms with van der Waals surface area (Å²) >= 11 is 0. The summed E-state index contributed by atoms with van der Waals surface area (Å²) in [5.41, 5.74) is 3.70. The molecule has 2 N–H and O–H groups in total. The van der Waals surface area contributed by atoms with Crippen molar-refractivity contribution in [3.8, 4) is 5.75 Å². The lowest BCUT2D eigenvalue weighted by molar-refractivity contribution is -0.116. The van der Waals surface area contributed by atoms with Crippen molar-refractivity contribution in [3.63, 3.8) is 0 Å². The van der Waals surface area contributed by atoms with Crippen LogP contribution in [-0.4, -0.2) is 22.9 Å². The number of carbonyl (C=O) groups is 2. The molecule has 1 aromatic carbocycles. The minimum absolute atomic E-state index is 0.00816. The van der Waals surface area contributed by atoms with Gasteiger partial charge in [0.2, 0.25) is 5.91 Å². The van der Waals surface area contributed by atoms with Gasteiger partial charge in [-0.25, -0.2) is 0 Å². The van der Waals surface area contributed by atoms with Gasteiger partial charge in [-0.15, -0.1) is 0 Å². The zero-order chi connectivity index (χ0) is 18.1. The van der Waals surface area contributed by atoms with Gasteiger partial charge in [0.05, 0.1) is 18.0 Å². The number of amides is 2. The van der Waals surface area contributed by atoms with Gasteiger partial charge in [0.15, 0.2) is 5.75 Å². The molecule has 0 radical (unpaired) electrons. The van der Waals surface area contributed by atoms with Gasteiger partial charge in [-0.3, -0.25) is 14.6 Å². The van der Waals surface area contributed by atoms with Gasteiger partial charge < -0.3 is 15.4 Å². The number of nitrogens with one attached hydrogen (secondary N) is 2. The molecular weight excluding hydrogens is 330 g/mol. The molecule has 1 aromatic heterocycles. The molecule has 4 rings (SSSR count). The zero-order valence-corrected chi connectivity index (χ0v) is 14.7. The average Bonchev–Trinajstić information content (AvgIpc) is 3.43. The maximum atomic E-state index is 12.7. The van der Waals surface area contributed by atoms with E-state index in [9.17, 15) is 9.59 Å². The van der Waals surface area contributed by atoms with E-state index in [0.29, 0.717) is 23.4 Å². The summed E-state index contributed by atoms with van der Waals surface area (Å²) in [6.45, 7) is 1.87. The Morgan fingerprint density at radius 3 is 2.92 bits per heavy atom. The van der Waals surface area contributed by atoms with Crippen LogP contribution < -0.4 is 15.4 Å². The molecule has 2 aliphatic rings. The predicted molar refractivity (Wildman–Crippen MR) is 98.6 cm³/mol. The van der Waals surface area contributed by atoms with Gasteiger partial charge in [-0.1, -0.05) is 6.07 Å². The molecule has 2 heterocycles. The van der Waals surface area contributed by atoms with E-state index in [4.69, 9.17) is 4.74 Å². The van der Waals surface area contributed by atoms with Crippen LogP contribution in [0.15, 0.2) is 30.5 Å². The fourth-order valence-corrected chi connectivity index (χ4v) is 3.00. The second kappa shape index (κ2) is 6.78. The molecule has 134 valence electrons. The summed E-state index contributed by atoms with van der Waals surface area (Å²) in [6.07, 6.45) is 6.10. The number of anilines is 2. The van der Waals surface area contributed by atoms with Gasteiger partial charge in [-0.2, -0.15) is 0 Å². The van der Waals surface area contributed by atoms with Crippen molar-refractivity contribution in [2.75, 3.05) is 10.6 Å². The second-order valence-electron chi connectivity index (χ2n) is 6.87. The summed E-state index contributed by atoms with van der Waals surface area (Å²) in [5.74, 6) is 0.346. The molecule has 0 atom stereocenters. The molecule has 0 bridgehead atoms. The van der Waals surface area contributed by atoms with Crippen LogP contribution in [0.3, 0.4) is 0 Å². The van der Waals surface area contributed by atoms with E-state index >= 15 is 0 Å². The number of aryl methyl sites for hydroxylation is 2. The largest absolute Gasteiger partial charge is 0.487 e. The number of carbonyl (C=O) groups excluding carboxylic acids is 2. The van der Waals surface area contributed by atoms with Crippen LogP contribution in [0.25, 0.3) is 0 Å². The Labute approximate surface area is 152 Å². The number of hydrogen-bond donors (Lipinski definition) is 2. The fourth-order valence-electron chi connectivity index (χ4n) is 3.00. The zero-order valence-electron chi connectivity index (χ0n) is 14.7. The number of ether oxygens (including phenoxy) is 1. The Bertz CT molecular complexity index is 875. The second-order valence-corrected chi connectivity index (χ2v) is 6.87. The lowest BCUT2D eigenvalue weighted by atomic mass is 10.0. The van der Waals surface area contributed by atoms with Crippen LogP contribution in [0.5, 0.6) is 5.75 Å². The Morgan fingerprint density at radius 1 is 1.27 bits per heavy atom. The van der Waals surface area contributed by atoms with Crippen LogP contribution in [0.2, 0.25) is 0 Å². The molecule has 6 nitrogen and oxygen atoms in total. The molecule has 0 unspecified atom stereocenters. The van der Waals surface area contributed by atoms with E-state index < -0.39 is 0 Å². The van der Waals surface area contributed by atoms with Crippen molar-refractivity contribution in [2.45, 2.75) is 45.1 Å². The Balaban J connectivity index is 1.57. The van der Waals surface area contributed by atoms with Crippen LogP contribution in [-0.2, 0) is 11.2 Å². The molecule has 2 amide bonds. The third-order valence-electron chi connectivity index (χ3n) is 4.57. The third kappa shape index (κ3) is 3.69. The van der Waals surface area contributed by atoms with E-state index in [1.165, 1.54) is 0 Å². The Hall–Kier alpha value is -2.89. The smallest absolute Gasteiger partial charge is 0.255 e. The summed E-state index contributed by atoms with van der Waals surface area (Å²) in [5, 5.41) is 5.80. The molecule has 0 spiro atoms. The number of fused-ring (bicyclic) bond motifs is 1. The molecule has 0 saturated heterocycles. The maximum Gasteiger partial charge on any atom is 0.255 e. The summed E-state index contributed by atoms with van der Waals surface area (Å²) in [7, 11) is 0. The summed E-state index contributed by atoms with van der Waals surface area (Å²) in [4.78, 5) is 28.8. The standard InChI is InChI=1S/C20H21N3O3/c1-12-9-17(18(11-21-12)26-15-7-8-15)23-20(25)14-6-5-13-3-2-4-19(24)22-16(13)10-14/h5-6,9-11,15H,2-4,7-8H2,1H3,(H,22,24)(H,21,23,25). The first-order valence-corrected chi connectivity index (χ1v) is 8.96.